The second-order valence-electron chi connectivity index (χ2n) is 15.7. The van der Waals surface area contributed by atoms with Crippen LogP contribution in [0, 0.1) is 50.2 Å². The maximum Gasteiger partial charge on any atom is 0.302 e. The molecule has 0 aliphatic heterocycles. The molecular weight excluding hydrogens is 458 g/mol. The van der Waals surface area contributed by atoms with Crippen LogP contribution in [0.25, 0.3) is 0 Å². The summed E-state index contributed by atoms with van der Waals surface area (Å²) >= 11 is 0. The zero-order valence-electron chi connectivity index (χ0n) is 25.2. The van der Waals surface area contributed by atoms with E-state index in [1.54, 1.807) is 12.5 Å². The van der Waals surface area contributed by atoms with Crippen LogP contribution in [0.1, 0.15) is 127 Å². The Bertz CT molecular complexity index is 1040. The zero-order chi connectivity index (χ0) is 27.4. The van der Waals surface area contributed by atoms with E-state index in [9.17, 15) is 9.59 Å². The van der Waals surface area contributed by atoms with Crippen molar-refractivity contribution in [2.75, 3.05) is 0 Å². The molecule has 4 saturated carbocycles. The summed E-state index contributed by atoms with van der Waals surface area (Å²) in [5.74, 6) is 1.25. The minimum Gasteiger partial charge on any atom is -0.462 e. The summed E-state index contributed by atoms with van der Waals surface area (Å²) in [7, 11) is 0. The van der Waals surface area contributed by atoms with Crippen molar-refractivity contribution < 1.29 is 14.3 Å². The predicted molar refractivity (Wildman–Crippen MR) is 148 cm³/mol. The van der Waals surface area contributed by atoms with Gasteiger partial charge in [-0.15, -0.1) is 0 Å². The van der Waals surface area contributed by atoms with E-state index < -0.39 is 5.41 Å². The molecule has 0 aromatic rings. The van der Waals surface area contributed by atoms with Crippen LogP contribution in [0.2, 0.25) is 0 Å². The molecule has 4 nitrogen and oxygen atoms in total. The van der Waals surface area contributed by atoms with Gasteiger partial charge in [-0.2, -0.15) is 0 Å². The molecule has 208 valence electrons. The molecule has 0 aromatic heterocycles. The van der Waals surface area contributed by atoms with E-state index in [4.69, 9.17) is 10.5 Å². The number of carbonyl (C=O) groups excluding carboxylic acids is 2. The molecule has 1 amide bonds. The van der Waals surface area contributed by atoms with Crippen molar-refractivity contribution in [1.29, 1.82) is 0 Å². The molecule has 0 radical (unpaired) electrons. The summed E-state index contributed by atoms with van der Waals surface area (Å²) in [5, 5.41) is 0. The maximum absolute atomic E-state index is 13.1. The number of amides is 1. The third-order valence-corrected chi connectivity index (χ3v) is 14.4. The molecule has 0 heterocycles. The average molecular weight is 512 g/mol. The van der Waals surface area contributed by atoms with Crippen LogP contribution < -0.4 is 5.73 Å². The molecule has 4 heteroatoms. The SMILES string of the molecule is CC(=O)O[C@H]1CC[C@@]2(C)C(CC[C@]3(C)[C@]2(C)CC[C@@H]2C4=C(C(C)C)CCC4(C(N)=O)CC[C@]23C)C1(C)C. The largest absolute Gasteiger partial charge is 0.462 e. The van der Waals surface area contributed by atoms with Crippen LogP contribution in [0.3, 0.4) is 0 Å². The van der Waals surface area contributed by atoms with E-state index in [1.807, 2.05) is 0 Å². The molecule has 2 N–H and O–H groups in total. The van der Waals surface area contributed by atoms with Crippen molar-refractivity contribution in [3.63, 3.8) is 0 Å². The topological polar surface area (TPSA) is 69.4 Å². The fourth-order valence-electron chi connectivity index (χ4n) is 11.8. The minimum atomic E-state index is -0.404. The number of primary amides is 1. The first-order valence-electron chi connectivity index (χ1n) is 15.2. The Balaban J connectivity index is 1.59. The summed E-state index contributed by atoms with van der Waals surface area (Å²) in [6.45, 7) is 21.4. The highest BCUT2D eigenvalue weighted by Crippen LogP contribution is 2.81. The van der Waals surface area contributed by atoms with Gasteiger partial charge < -0.3 is 10.5 Å². The van der Waals surface area contributed by atoms with Gasteiger partial charge in [0.15, 0.2) is 0 Å². The highest BCUT2D eigenvalue weighted by molar-refractivity contribution is 5.86. The number of fused-ring (bicyclic) bond motifs is 7. The van der Waals surface area contributed by atoms with E-state index in [0.717, 1.165) is 38.5 Å². The highest BCUT2D eigenvalue weighted by atomic mass is 16.5. The van der Waals surface area contributed by atoms with E-state index in [-0.39, 0.29) is 45.1 Å². The summed E-state index contributed by atoms with van der Waals surface area (Å²) in [6, 6.07) is 0. The Kier molecular flexibility index (Phi) is 5.97. The molecule has 5 aliphatic carbocycles. The quantitative estimate of drug-likeness (QED) is 0.313. The molecule has 37 heavy (non-hydrogen) atoms. The summed E-state index contributed by atoms with van der Waals surface area (Å²) in [6.07, 6.45) is 10.8. The van der Waals surface area contributed by atoms with Crippen molar-refractivity contribution in [1.82, 2.24) is 0 Å². The summed E-state index contributed by atoms with van der Waals surface area (Å²) < 4.78 is 5.93. The number of allylic oxidation sites excluding steroid dienone is 1. The van der Waals surface area contributed by atoms with Crippen LogP contribution >= 0.6 is 0 Å². The van der Waals surface area contributed by atoms with Gasteiger partial charge in [-0.1, -0.05) is 66.5 Å². The zero-order valence-corrected chi connectivity index (χ0v) is 25.2. The smallest absolute Gasteiger partial charge is 0.302 e. The van der Waals surface area contributed by atoms with Gasteiger partial charge in [0.1, 0.15) is 6.10 Å². The number of nitrogens with two attached hydrogens (primary N) is 1. The lowest BCUT2D eigenvalue weighted by molar-refractivity contribution is -0.277. The van der Waals surface area contributed by atoms with Crippen molar-refractivity contribution in [3.8, 4) is 0 Å². The minimum absolute atomic E-state index is 0.00562. The number of carbonyl (C=O) groups is 2. The van der Waals surface area contributed by atoms with E-state index >= 15 is 0 Å². The summed E-state index contributed by atoms with van der Waals surface area (Å²) in [5.41, 5.74) is 9.55. The monoisotopic (exact) mass is 511 g/mol. The van der Waals surface area contributed by atoms with Gasteiger partial charge in [0.25, 0.3) is 0 Å². The van der Waals surface area contributed by atoms with E-state index in [0.29, 0.717) is 17.8 Å². The van der Waals surface area contributed by atoms with Crippen LogP contribution in [0.15, 0.2) is 11.1 Å². The molecule has 8 atom stereocenters. The first-order valence-corrected chi connectivity index (χ1v) is 15.2. The average Bonchev–Trinajstić information content (AvgIpc) is 3.19. The fourth-order valence-corrected chi connectivity index (χ4v) is 11.8. The van der Waals surface area contributed by atoms with Gasteiger partial charge in [-0.25, -0.2) is 0 Å². The van der Waals surface area contributed by atoms with Gasteiger partial charge in [-0.05, 0) is 104 Å². The number of esters is 1. The second-order valence-corrected chi connectivity index (χ2v) is 15.7. The Morgan fingerprint density at radius 3 is 2.05 bits per heavy atom. The molecule has 0 bridgehead atoms. The fraction of sp³-hybridized carbons (Fsp3) is 0.879. The Labute approximate surface area is 225 Å². The van der Waals surface area contributed by atoms with Crippen molar-refractivity contribution in [2.24, 2.45) is 56.0 Å². The molecule has 0 aromatic carbocycles. The number of hydrogen-bond acceptors (Lipinski definition) is 3. The van der Waals surface area contributed by atoms with Crippen LogP contribution in [0.5, 0.6) is 0 Å². The van der Waals surface area contributed by atoms with Crippen molar-refractivity contribution >= 4 is 11.9 Å². The van der Waals surface area contributed by atoms with Crippen LogP contribution in [0.4, 0.5) is 0 Å². The van der Waals surface area contributed by atoms with Gasteiger partial charge in [0.2, 0.25) is 5.91 Å². The first kappa shape index (κ1) is 27.3. The van der Waals surface area contributed by atoms with Gasteiger partial charge in [-0.3, -0.25) is 9.59 Å². The molecule has 4 fully saturated rings. The molecule has 5 aliphatic rings. The highest BCUT2D eigenvalue weighted by Gasteiger charge is 2.74. The third-order valence-electron chi connectivity index (χ3n) is 14.4. The van der Waals surface area contributed by atoms with Crippen LogP contribution in [-0.2, 0) is 14.3 Å². The lowest BCUT2D eigenvalue weighted by atomic mass is 9.28. The Morgan fingerprint density at radius 1 is 0.838 bits per heavy atom. The maximum atomic E-state index is 13.1. The van der Waals surface area contributed by atoms with E-state index in [2.05, 4.69) is 55.4 Å². The van der Waals surface area contributed by atoms with Crippen LogP contribution in [-0.4, -0.2) is 18.0 Å². The van der Waals surface area contributed by atoms with Gasteiger partial charge in [0.05, 0.1) is 5.41 Å². The normalized spacial score (nSPS) is 48.5. The van der Waals surface area contributed by atoms with Crippen molar-refractivity contribution in [3.05, 3.63) is 11.1 Å². The standard InChI is InChI=1S/C33H53NO3/c1-20(2)22-10-17-33(27(34)36)19-18-29(6)23(26(22)33)11-15-32(9)30(7)14-13-25(37-21(3)35)28(4,5)24(30)12-16-31(29,32)8/h20,23-25H,10-19H2,1-9H3,(H2,34,36)/t23-,24?,25+,29-,30+,31+,32-,33?/m1/s1. The number of ether oxygens (including phenoxy) is 1. The first-order chi connectivity index (χ1) is 17.0. The molecule has 2 unspecified atom stereocenters. The lowest BCUT2D eigenvalue weighted by Crippen LogP contribution is -2.70. The predicted octanol–water partition coefficient (Wildman–Crippen LogP) is 7.60. The lowest BCUT2D eigenvalue weighted by Gasteiger charge is -2.76. The molecule has 0 saturated heterocycles. The number of hydrogen-bond donors (Lipinski definition) is 1. The Hall–Kier alpha value is -1.32. The number of rotatable bonds is 3. The third kappa shape index (κ3) is 3.14. The molecule has 0 spiro atoms. The van der Waals surface area contributed by atoms with Gasteiger partial charge >= 0.3 is 5.97 Å². The Morgan fingerprint density at radius 2 is 1.46 bits per heavy atom. The summed E-state index contributed by atoms with van der Waals surface area (Å²) in [4.78, 5) is 25.1. The molecular formula is C33H53NO3. The molecule has 5 rings (SSSR count). The van der Waals surface area contributed by atoms with Gasteiger partial charge in [0, 0.05) is 12.3 Å². The second kappa shape index (κ2) is 8.10. The van der Waals surface area contributed by atoms with E-state index in [1.165, 1.54) is 31.3 Å². The van der Waals surface area contributed by atoms with Crippen molar-refractivity contribution in [2.45, 2.75) is 133 Å².